The highest BCUT2D eigenvalue weighted by Crippen LogP contribution is 2.39. The summed E-state index contributed by atoms with van der Waals surface area (Å²) in [5.74, 6) is -1.87. The van der Waals surface area contributed by atoms with Crippen LogP contribution >= 0.6 is 0 Å². The Labute approximate surface area is 236 Å². The van der Waals surface area contributed by atoms with Crippen molar-refractivity contribution >= 4 is 17.8 Å². The van der Waals surface area contributed by atoms with Gasteiger partial charge in [-0.2, -0.15) is 13.2 Å². The summed E-state index contributed by atoms with van der Waals surface area (Å²) in [6.07, 6.45) is -4.60. The fraction of sp³-hybridized carbons (Fsp3) is 0.281. The van der Waals surface area contributed by atoms with Crippen molar-refractivity contribution in [2.75, 3.05) is 6.61 Å². The van der Waals surface area contributed by atoms with Gasteiger partial charge in [0.05, 0.1) is 30.3 Å². The van der Waals surface area contributed by atoms with Crippen LogP contribution in [0.4, 0.5) is 13.2 Å². The van der Waals surface area contributed by atoms with E-state index in [4.69, 9.17) is 4.74 Å². The summed E-state index contributed by atoms with van der Waals surface area (Å²) in [6, 6.07) is 20.7. The van der Waals surface area contributed by atoms with Crippen LogP contribution in [0, 0.1) is 0 Å². The number of amides is 2. The molecule has 0 spiro atoms. The zero-order chi connectivity index (χ0) is 29.7. The summed E-state index contributed by atoms with van der Waals surface area (Å²) >= 11 is 0. The monoisotopic (exact) mass is 564 g/mol. The molecule has 0 radical (unpaired) electrons. The standard InChI is InChI=1S/C32H31F3N2O4/c1-4-41-31(40)29-21(3)37(28(38)18-27(29)24-14-16-26(17-15-24)32(33,34)35)19-22-10-12-25(13-11-22)30(39)36-20(2)23-8-6-5-7-9-23/h5-17,20,27H,4,18-19H2,1-3H3,(H,36,39). The number of esters is 1. The van der Waals surface area contributed by atoms with E-state index in [9.17, 15) is 27.6 Å². The van der Waals surface area contributed by atoms with Crippen molar-refractivity contribution in [1.29, 1.82) is 0 Å². The van der Waals surface area contributed by atoms with Gasteiger partial charge in [0.25, 0.3) is 5.91 Å². The minimum Gasteiger partial charge on any atom is -0.463 e. The van der Waals surface area contributed by atoms with Crippen LogP contribution < -0.4 is 5.32 Å². The van der Waals surface area contributed by atoms with Crippen molar-refractivity contribution in [3.05, 3.63) is 118 Å². The molecule has 0 saturated carbocycles. The predicted octanol–water partition coefficient (Wildman–Crippen LogP) is 6.55. The molecule has 0 saturated heterocycles. The topological polar surface area (TPSA) is 75.7 Å². The van der Waals surface area contributed by atoms with Gasteiger partial charge in [-0.1, -0.05) is 54.6 Å². The van der Waals surface area contributed by atoms with Crippen molar-refractivity contribution in [3.63, 3.8) is 0 Å². The smallest absolute Gasteiger partial charge is 0.416 e. The summed E-state index contributed by atoms with van der Waals surface area (Å²) in [5.41, 5.74) is 2.41. The van der Waals surface area contributed by atoms with E-state index in [1.807, 2.05) is 37.3 Å². The van der Waals surface area contributed by atoms with Gasteiger partial charge in [0.1, 0.15) is 0 Å². The number of hydrogen-bond donors (Lipinski definition) is 1. The van der Waals surface area contributed by atoms with Gasteiger partial charge in [-0.15, -0.1) is 0 Å². The molecule has 1 N–H and O–H groups in total. The first-order valence-corrected chi connectivity index (χ1v) is 13.3. The first-order valence-electron chi connectivity index (χ1n) is 13.3. The van der Waals surface area contributed by atoms with E-state index in [1.54, 1.807) is 38.1 Å². The maximum atomic E-state index is 13.3. The van der Waals surface area contributed by atoms with Gasteiger partial charge < -0.3 is 15.0 Å². The molecular formula is C32H31F3N2O4. The third-order valence-electron chi connectivity index (χ3n) is 7.16. The molecule has 41 heavy (non-hydrogen) atoms. The lowest BCUT2D eigenvalue weighted by atomic mass is 9.83. The fourth-order valence-electron chi connectivity index (χ4n) is 4.92. The maximum absolute atomic E-state index is 13.3. The van der Waals surface area contributed by atoms with Gasteiger partial charge >= 0.3 is 12.1 Å². The van der Waals surface area contributed by atoms with Crippen LogP contribution in [0.15, 0.2) is 90.1 Å². The Bertz CT molecular complexity index is 1430. The second kappa shape index (κ2) is 12.4. The summed E-state index contributed by atoms with van der Waals surface area (Å²) in [5, 5.41) is 2.97. The molecule has 0 aromatic heterocycles. The van der Waals surface area contributed by atoms with Gasteiger partial charge in [0.2, 0.25) is 5.91 Å². The largest absolute Gasteiger partial charge is 0.463 e. The highest BCUT2D eigenvalue weighted by Gasteiger charge is 2.37. The van der Waals surface area contributed by atoms with Crippen molar-refractivity contribution in [2.24, 2.45) is 0 Å². The van der Waals surface area contributed by atoms with Gasteiger partial charge in [-0.3, -0.25) is 9.59 Å². The number of nitrogens with zero attached hydrogens (tertiary/aromatic N) is 1. The molecule has 1 aliphatic rings. The predicted molar refractivity (Wildman–Crippen MR) is 147 cm³/mol. The van der Waals surface area contributed by atoms with Crippen molar-refractivity contribution in [2.45, 2.75) is 51.9 Å². The Kier molecular flexibility index (Phi) is 8.95. The van der Waals surface area contributed by atoms with Crippen LogP contribution in [0.5, 0.6) is 0 Å². The van der Waals surface area contributed by atoms with E-state index in [1.165, 1.54) is 17.0 Å². The van der Waals surface area contributed by atoms with Gasteiger partial charge in [-0.05, 0) is 61.7 Å². The Morgan fingerprint density at radius 3 is 2.22 bits per heavy atom. The number of carbonyl (C=O) groups is 3. The Morgan fingerprint density at radius 1 is 1.00 bits per heavy atom. The number of halogens is 3. The van der Waals surface area contributed by atoms with Crippen LogP contribution in [0.2, 0.25) is 0 Å². The van der Waals surface area contributed by atoms with Crippen molar-refractivity contribution in [3.8, 4) is 0 Å². The molecule has 0 fully saturated rings. The number of allylic oxidation sites excluding steroid dienone is 1. The van der Waals surface area contributed by atoms with Crippen LogP contribution in [0.3, 0.4) is 0 Å². The molecule has 9 heteroatoms. The summed E-state index contributed by atoms with van der Waals surface area (Å²) in [4.78, 5) is 40.5. The summed E-state index contributed by atoms with van der Waals surface area (Å²) in [6.45, 7) is 5.45. The lowest BCUT2D eigenvalue weighted by Crippen LogP contribution is -2.38. The molecule has 1 heterocycles. The number of alkyl halides is 3. The SMILES string of the molecule is CCOC(=O)C1=C(C)N(Cc2ccc(C(=O)NC(C)c3ccccc3)cc2)C(=O)CC1c1ccc(C(F)(F)F)cc1. The highest BCUT2D eigenvalue weighted by molar-refractivity contribution is 5.96. The average molecular weight is 565 g/mol. The molecule has 6 nitrogen and oxygen atoms in total. The normalized spacial score (nSPS) is 16.4. The number of benzene rings is 3. The highest BCUT2D eigenvalue weighted by atomic mass is 19.4. The van der Waals surface area contributed by atoms with Crippen LogP contribution in [-0.4, -0.2) is 29.3 Å². The zero-order valence-corrected chi connectivity index (χ0v) is 23.0. The first kappa shape index (κ1) is 29.6. The van der Waals surface area contributed by atoms with E-state index in [0.29, 0.717) is 16.8 Å². The van der Waals surface area contributed by atoms with Crippen molar-refractivity contribution < 1.29 is 32.3 Å². The first-order chi connectivity index (χ1) is 19.5. The van der Waals surface area contributed by atoms with Crippen LogP contribution in [-0.2, 0) is 27.0 Å². The average Bonchev–Trinajstić information content (AvgIpc) is 2.95. The van der Waals surface area contributed by atoms with Crippen molar-refractivity contribution in [1.82, 2.24) is 10.2 Å². The lowest BCUT2D eigenvalue weighted by molar-refractivity contribution is -0.140. The van der Waals surface area contributed by atoms with Gasteiger partial charge in [-0.25, -0.2) is 4.79 Å². The third-order valence-corrected chi connectivity index (χ3v) is 7.16. The second-order valence-corrected chi connectivity index (χ2v) is 9.88. The molecule has 3 aromatic carbocycles. The van der Waals surface area contributed by atoms with E-state index in [-0.39, 0.29) is 43.0 Å². The molecule has 0 aliphatic carbocycles. The summed E-state index contributed by atoms with van der Waals surface area (Å²) in [7, 11) is 0. The Balaban J connectivity index is 1.54. The molecule has 1 aliphatic heterocycles. The minimum atomic E-state index is -4.50. The van der Waals surface area contributed by atoms with Gasteiger partial charge in [0, 0.05) is 23.6 Å². The minimum absolute atomic E-state index is 0.102. The quantitative estimate of drug-likeness (QED) is 0.315. The maximum Gasteiger partial charge on any atom is 0.416 e. The molecule has 0 bridgehead atoms. The lowest BCUT2D eigenvalue weighted by Gasteiger charge is -2.34. The van der Waals surface area contributed by atoms with E-state index < -0.39 is 23.6 Å². The third kappa shape index (κ3) is 6.85. The molecule has 214 valence electrons. The Morgan fingerprint density at radius 2 is 1.63 bits per heavy atom. The molecule has 2 amide bonds. The van der Waals surface area contributed by atoms with Crippen LogP contribution in [0.25, 0.3) is 0 Å². The van der Waals surface area contributed by atoms with Gasteiger partial charge in [0.15, 0.2) is 0 Å². The molecule has 4 rings (SSSR count). The fourth-order valence-corrected chi connectivity index (χ4v) is 4.92. The van der Waals surface area contributed by atoms with E-state index in [0.717, 1.165) is 23.3 Å². The summed E-state index contributed by atoms with van der Waals surface area (Å²) < 4.78 is 44.5. The molecular weight excluding hydrogens is 533 g/mol. The molecule has 3 aromatic rings. The molecule has 2 atom stereocenters. The molecule has 2 unspecified atom stereocenters. The van der Waals surface area contributed by atoms with Crippen LogP contribution in [0.1, 0.15) is 71.8 Å². The number of ether oxygens (including phenoxy) is 1. The number of hydrogen-bond acceptors (Lipinski definition) is 4. The number of rotatable bonds is 8. The van der Waals surface area contributed by atoms with E-state index in [2.05, 4.69) is 5.32 Å². The number of carbonyl (C=O) groups excluding carboxylic acids is 3. The van der Waals surface area contributed by atoms with E-state index >= 15 is 0 Å². The number of nitrogens with one attached hydrogen (secondary N) is 1. The zero-order valence-electron chi connectivity index (χ0n) is 23.0. The second-order valence-electron chi connectivity index (χ2n) is 9.88. The Hall–Kier alpha value is -4.40.